The molecule has 0 aromatic rings. The van der Waals surface area contributed by atoms with E-state index in [1.54, 1.807) is 9.80 Å². The molecule has 0 spiro atoms. The maximum Gasteiger partial charge on any atom is 0.320 e. The van der Waals surface area contributed by atoms with Crippen molar-refractivity contribution < 1.29 is 14.7 Å². The average Bonchev–Trinajstić information content (AvgIpc) is 2.36. The summed E-state index contributed by atoms with van der Waals surface area (Å²) in [5, 5.41) is 9.04. The summed E-state index contributed by atoms with van der Waals surface area (Å²) in [5.41, 5.74) is -0.180. The lowest BCUT2D eigenvalue weighted by atomic mass is 9.91. The Labute approximate surface area is 115 Å². The van der Waals surface area contributed by atoms with E-state index in [-0.39, 0.29) is 23.5 Å². The molecule has 0 aliphatic carbocycles. The van der Waals surface area contributed by atoms with E-state index in [1.165, 1.54) is 0 Å². The van der Waals surface area contributed by atoms with Gasteiger partial charge in [-0.2, -0.15) is 0 Å². The highest BCUT2D eigenvalue weighted by Gasteiger charge is 2.36. The van der Waals surface area contributed by atoms with Gasteiger partial charge in [0.1, 0.15) is 0 Å². The minimum Gasteiger partial charge on any atom is -0.481 e. The minimum atomic E-state index is -0.749. The van der Waals surface area contributed by atoms with E-state index in [9.17, 15) is 9.59 Å². The molecule has 1 fully saturated rings. The van der Waals surface area contributed by atoms with E-state index in [4.69, 9.17) is 5.11 Å². The number of likely N-dealkylation sites (tertiary alicyclic amines) is 1. The first-order valence-corrected chi connectivity index (χ1v) is 6.98. The van der Waals surface area contributed by atoms with Gasteiger partial charge in [-0.25, -0.2) is 4.79 Å². The molecular formula is C14H26N2O3. The fraction of sp³-hybridized carbons (Fsp3) is 0.857. The number of carboxylic acid groups (broad SMARTS) is 1. The largest absolute Gasteiger partial charge is 0.481 e. The van der Waals surface area contributed by atoms with Crippen LogP contribution in [0.15, 0.2) is 0 Å². The van der Waals surface area contributed by atoms with E-state index >= 15 is 0 Å². The molecule has 0 aromatic carbocycles. The number of carbonyl (C=O) groups excluding carboxylic acids is 1. The molecule has 2 unspecified atom stereocenters. The number of hydrogen-bond donors (Lipinski definition) is 1. The number of rotatable bonds is 3. The summed E-state index contributed by atoms with van der Waals surface area (Å²) >= 11 is 0. The molecule has 2 amide bonds. The lowest BCUT2D eigenvalue weighted by Crippen LogP contribution is -2.55. The zero-order valence-corrected chi connectivity index (χ0v) is 12.6. The maximum atomic E-state index is 12.5. The van der Waals surface area contributed by atoms with Crippen LogP contribution in [-0.4, -0.2) is 52.1 Å². The topological polar surface area (TPSA) is 60.9 Å². The van der Waals surface area contributed by atoms with Gasteiger partial charge in [0.05, 0.1) is 5.92 Å². The van der Waals surface area contributed by atoms with Crippen LogP contribution < -0.4 is 0 Å². The Morgan fingerprint density at radius 1 is 1.42 bits per heavy atom. The first kappa shape index (κ1) is 15.8. The van der Waals surface area contributed by atoms with E-state index in [0.717, 1.165) is 6.42 Å². The molecule has 0 radical (unpaired) electrons. The van der Waals surface area contributed by atoms with Gasteiger partial charge in [0.25, 0.3) is 0 Å². The third-order valence-corrected chi connectivity index (χ3v) is 4.53. The van der Waals surface area contributed by atoms with E-state index in [2.05, 4.69) is 6.92 Å². The van der Waals surface area contributed by atoms with Crippen LogP contribution in [0.25, 0.3) is 0 Å². The molecule has 0 bridgehead atoms. The Kier molecular flexibility index (Phi) is 4.82. The predicted molar refractivity (Wildman–Crippen MR) is 74.1 cm³/mol. The Morgan fingerprint density at radius 2 is 2.00 bits per heavy atom. The lowest BCUT2D eigenvalue weighted by Gasteiger charge is -2.43. The van der Waals surface area contributed by atoms with Crippen LogP contribution in [0.2, 0.25) is 0 Å². The number of aliphatic carboxylic acids is 1. The SMILES string of the molecule is CCC(C)(C)N(C)C(=O)N1CCC(C(=O)O)CC1C. The zero-order valence-electron chi connectivity index (χ0n) is 12.6. The van der Waals surface area contributed by atoms with Gasteiger partial charge in [0.15, 0.2) is 0 Å². The van der Waals surface area contributed by atoms with Crippen molar-refractivity contribution in [3.8, 4) is 0 Å². The number of amides is 2. The number of carbonyl (C=O) groups is 2. The quantitative estimate of drug-likeness (QED) is 0.856. The fourth-order valence-corrected chi connectivity index (χ4v) is 2.37. The highest BCUT2D eigenvalue weighted by atomic mass is 16.4. The highest BCUT2D eigenvalue weighted by molar-refractivity contribution is 5.76. The molecule has 1 rings (SSSR count). The lowest BCUT2D eigenvalue weighted by molar-refractivity contribution is -0.143. The second kappa shape index (κ2) is 5.80. The molecule has 1 heterocycles. The predicted octanol–water partition coefficient (Wildman–Crippen LogP) is 2.41. The Bertz CT molecular complexity index is 355. The molecule has 2 atom stereocenters. The van der Waals surface area contributed by atoms with Crippen LogP contribution in [0.1, 0.15) is 47.0 Å². The van der Waals surface area contributed by atoms with Crippen molar-refractivity contribution in [1.29, 1.82) is 0 Å². The molecule has 1 saturated heterocycles. The van der Waals surface area contributed by atoms with Crippen molar-refractivity contribution in [3.63, 3.8) is 0 Å². The molecular weight excluding hydrogens is 244 g/mol. The smallest absolute Gasteiger partial charge is 0.320 e. The first-order chi connectivity index (χ1) is 8.70. The number of piperidine rings is 1. The van der Waals surface area contributed by atoms with Gasteiger partial charge < -0.3 is 14.9 Å². The monoisotopic (exact) mass is 270 g/mol. The molecule has 19 heavy (non-hydrogen) atoms. The number of urea groups is 1. The maximum absolute atomic E-state index is 12.5. The number of hydrogen-bond acceptors (Lipinski definition) is 2. The molecule has 5 heteroatoms. The van der Waals surface area contributed by atoms with Crippen molar-refractivity contribution in [2.75, 3.05) is 13.6 Å². The third kappa shape index (κ3) is 3.39. The van der Waals surface area contributed by atoms with Crippen LogP contribution in [-0.2, 0) is 4.79 Å². The molecule has 110 valence electrons. The highest BCUT2D eigenvalue weighted by Crippen LogP contribution is 2.26. The fourth-order valence-electron chi connectivity index (χ4n) is 2.37. The van der Waals surface area contributed by atoms with Crippen LogP contribution in [0.5, 0.6) is 0 Å². The van der Waals surface area contributed by atoms with E-state index in [0.29, 0.717) is 19.4 Å². The molecule has 1 N–H and O–H groups in total. The summed E-state index contributed by atoms with van der Waals surface area (Å²) in [6, 6.07) is -0.0133. The van der Waals surface area contributed by atoms with Crippen molar-refractivity contribution in [2.45, 2.75) is 58.5 Å². The van der Waals surface area contributed by atoms with Crippen LogP contribution in [0.4, 0.5) is 4.79 Å². The van der Waals surface area contributed by atoms with Crippen molar-refractivity contribution >= 4 is 12.0 Å². The van der Waals surface area contributed by atoms with Crippen LogP contribution in [0, 0.1) is 5.92 Å². The van der Waals surface area contributed by atoms with Crippen LogP contribution in [0.3, 0.4) is 0 Å². The van der Waals surface area contributed by atoms with Gasteiger partial charge in [-0.1, -0.05) is 6.92 Å². The van der Waals surface area contributed by atoms with Crippen molar-refractivity contribution in [3.05, 3.63) is 0 Å². The van der Waals surface area contributed by atoms with Gasteiger partial charge in [0.2, 0.25) is 0 Å². The normalized spacial score (nSPS) is 24.2. The molecule has 1 aliphatic heterocycles. The van der Waals surface area contributed by atoms with Gasteiger partial charge in [-0.15, -0.1) is 0 Å². The molecule has 1 aliphatic rings. The number of nitrogens with zero attached hydrogens (tertiary/aromatic N) is 2. The summed E-state index contributed by atoms with van der Waals surface area (Å²) in [4.78, 5) is 27.1. The number of carboxylic acids is 1. The average molecular weight is 270 g/mol. The zero-order chi connectivity index (χ0) is 14.8. The molecule has 0 saturated carbocycles. The van der Waals surface area contributed by atoms with Gasteiger partial charge >= 0.3 is 12.0 Å². The van der Waals surface area contributed by atoms with E-state index < -0.39 is 5.97 Å². The van der Waals surface area contributed by atoms with Crippen molar-refractivity contribution in [1.82, 2.24) is 9.80 Å². The van der Waals surface area contributed by atoms with E-state index in [1.807, 2.05) is 27.8 Å². The van der Waals surface area contributed by atoms with Gasteiger partial charge in [0, 0.05) is 25.2 Å². The van der Waals surface area contributed by atoms with Crippen LogP contribution >= 0.6 is 0 Å². The third-order valence-electron chi connectivity index (χ3n) is 4.53. The summed E-state index contributed by atoms with van der Waals surface area (Å²) in [6.45, 7) is 8.60. The summed E-state index contributed by atoms with van der Waals surface area (Å²) in [5.74, 6) is -1.07. The van der Waals surface area contributed by atoms with Gasteiger partial charge in [-0.3, -0.25) is 4.79 Å². The first-order valence-electron chi connectivity index (χ1n) is 6.98. The Hall–Kier alpha value is -1.26. The summed E-state index contributed by atoms with van der Waals surface area (Å²) in [6.07, 6.45) is 1.97. The summed E-state index contributed by atoms with van der Waals surface area (Å²) < 4.78 is 0. The van der Waals surface area contributed by atoms with Crippen molar-refractivity contribution in [2.24, 2.45) is 5.92 Å². The standard InChI is InChI=1S/C14H26N2O3/c1-6-14(3,4)15(5)13(19)16-8-7-11(12(17)18)9-10(16)2/h10-11H,6-9H2,1-5H3,(H,17,18). The summed E-state index contributed by atoms with van der Waals surface area (Å²) in [7, 11) is 1.82. The minimum absolute atomic E-state index is 0.00295. The molecule has 0 aromatic heterocycles. The Morgan fingerprint density at radius 3 is 2.42 bits per heavy atom. The Balaban J connectivity index is 2.72. The second-order valence-electron chi connectivity index (χ2n) is 6.11. The van der Waals surface area contributed by atoms with Gasteiger partial charge in [-0.05, 0) is 40.0 Å². The molecule has 5 nitrogen and oxygen atoms in total. The second-order valence-corrected chi connectivity index (χ2v) is 6.11.